The van der Waals surface area contributed by atoms with Crippen molar-refractivity contribution < 1.29 is 14.3 Å². The average Bonchev–Trinajstić information content (AvgIpc) is 2.59. The first-order valence-corrected chi connectivity index (χ1v) is 4.57. The summed E-state index contributed by atoms with van der Waals surface area (Å²) in [7, 11) is 0. The number of rotatable bonds is 2. The molecule has 2 rings (SSSR count). The third kappa shape index (κ3) is 1.56. The molecule has 1 aromatic carbocycles. The Labute approximate surface area is 90.4 Å². The molecule has 0 aliphatic heterocycles. The molecule has 2 N–H and O–H groups in total. The van der Waals surface area contributed by atoms with Gasteiger partial charge < -0.3 is 10.1 Å². The highest BCUT2D eigenvalue weighted by atomic mass is 19.1. The number of nitrogens with zero attached hydrogens (tertiary/aromatic N) is 1. The normalized spacial score (nSPS) is 10.6. The first kappa shape index (κ1) is 10.4. The maximum atomic E-state index is 13.1. The highest BCUT2D eigenvalue weighted by Gasteiger charge is 2.14. The van der Waals surface area contributed by atoms with Crippen molar-refractivity contribution in [2.24, 2.45) is 0 Å². The minimum atomic E-state index is -1.20. The minimum absolute atomic E-state index is 0.154. The number of allylic oxidation sites excluding steroid dienone is 1. The number of carbonyl (C=O) groups is 1. The van der Waals surface area contributed by atoms with Gasteiger partial charge in [-0.2, -0.15) is 0 Å². The Hall–Kier alpha value is -2.17. The number of hydrogen-bond donors (Lipinski definition) is 2. The van der Waals surface area contributed by atoms with Crippen LogP contribution in [0.1, 0.15) is 23.1 Å². The second kappa shape index (κ2) is 3.44. The van der Waals surface area contributed by atoms with E-state index in [0.717, 1.165) is 6.07 Å². The van der Waals surface area contributed by atoms with E-state index in [-0.39, 0.29) is 11.1 Å². The van der Waals surface area contributed by atoms with Gasteiger partial charge in [0.15, 0.2) is 0 Å². The molecule has 0 unspecified atom stereocenters. The zero-order chi connectivity index (χ0) is 11.9. The number of carboxylic acids is 1. The van der Waals surface area contributed by atoms with Crippen LogP contribution in [-0.4, -0.2) is 21.0 Å². The average molecular weight is 220 g/mol. The summed E-state index contributed by atoms with van der Waals surface area (Å²) in [6, 6.07) is 2.16. The van der Waals surface area contributed by atoms with Crippen LogP contribution < -0.4 is 0 Å². The monoisotopic (exact) mass is 220 g/mol. The molecule has 0 saturated heterocycles. The van der Waals surface area contributed by atoms with Crippen molar-refractivity contribution in [1.82, 2.24) is 9.97 Å². The van der Waals surface area contributed by atoms with Gasteiger partial charge in [0.05, 0.1) is 11.1 Å². The fourth-order valence-electron chi connectivity index (χ4n) is 1.45. The number of fused-ring (bicyclic) bond motifs is 1. The Morgan fingerprint density at radius 3 is 2.81 bits per heavy atom. The van der Waals surface area contributed by atoms with Crippen LogP contribution in [0.3, 0.4) is 0 Å². The van der Waals surface area contributed by atoms with E-state index >= 15 is 0 Å². The maximum Gasteiger partial charge on any atom is 0.338 e. The van der Waals surface area contributed by atoms with E-state index in [1.54, 1.807) is 6.92 Å². The van der Waals surface area contributed by atoms with Gasteiger partial charge in [0.1, 0.15) is 17.2 Å². The van der Waals surface area contributed by atoms with Crippen LogP contribution in [-0.2, 0) is 0 Å². The fourth-order valence-corrected chi connectivity index (χ4v) is 1.45. The third-order valence-corrected chi connectivity index (χ3v) is 2.19. The zero-order valence-corrected chi connectivity index (χ0v) is 8.54. The summed E-state index contributed by atoms with van der Waals surface area (Å²) < 4.78 is 13.1. The van der Waals surface area contributed by atoms with Gasteiger partial charge in [-0.05, 0) is 24.6 Å². The number of aromatic nitrogens is 2. The number of imidazole rings is 1. The minimum Gasteiger partial charge on any atom is -0.478 e. The van der Waals surface area contributed by atoms with Crippen LogP contribution in [0.5, 0.6) is 0 Å². The molecule has 2 aromatic rings. The lowest BCUT2D eigenvalue weighted by Crippen LogP contribution is -1.98. The number of nitrogens with one attached hydrogen (secondary N) is 1. The third-order valence-electron chi connectivity index (χ3n) is 2.19. The fraction of sp³-hybridized carbons (Fsp3) is 0.0909. The molecule has 82 valence electrons. The van der Waals surface area contributed by atoms with Crippen LogP contribution in [0.4, 0.5) is 4.39 Å². The Morgan fingerprint density at radius 1 is 1.56 bits per heavy atom. The molecule has 1 heterocycles. The molecule has 0 radical (unpaired) electrons. The summed E-state index contributed by atoms with van der Waals surface area (Å²) in [5.74, 6) is -1.35. The number of benzene rings is 1. The molecular weight excluding hydrogens is 211 g/mol. The molecule has 0 fully saturated rings. The lowest BCUT2D eigenvalue weighted by Gasteiger charge is -1.95. The summed E-state index contributed by atoms with van der Waals surface area (Å²) in [5, 5.41) is 8.91. The summed E-state index contributed by atoms with van der Waals surface area (Å²) in [4.78, 5) is 17.8. The Morgan fingerprint density at radius 2 is 2.25 bits per heavy atom. The predicted octanol–water partition coefficient (Wildman–Crippen LogP) is 2.43. The molecule has 16 heavy (non-hydrogen) atoms. The van der Waals surface area contributed by atoms with Gasteiger partial charge in [-0.25, -0.2) is 14.2 Å². The largest absolute Gasteiger partial charge is 0.478 e. The smallest absolute Gasteiger partial charge is 0.338 e. The van der Waals surface area contributed by atoms with Gasteiger partial charge in [-0.1, -0.05) is 6.58 Å². The van der Waals surface area contributed by atoms with E-state index in [1.807, 2.05) is 0 Å². The standard InChI is InChI=1S/C11H9FN2O2/c1-5(2)10-13-8-4-6(12)3-7(11(15)16)9(8)14-10/h3-4H,1H2,2H3,(H,13,14)(H,15,16). The quantitative estimate of drug-likeness (QED) is 0.816. The Bertz CT molecular complexity index is 601. The van der Waals surface area contributed by atoms with E-state index < -0.39 is 11.8 Å². The number of H-pyrrole nitrogens is 1. The van der Waals surface area contributed by atoms with Crippen molar-refractivity contribution >= 4 is 22.6 Å². The molecule has 0 saturated carbocycles. The van der Waals surface area contributed by atoms with Crippen LogP contribution in [0.25, 0.3) is 16.6 Å². The second-order valence-corrected chi connectivity index (χ2v) is 3.52. The lowest BCUT2D eigenvalue weighted by molar-refractivity contribution is 0.0698. The number of aromatic carboxylic acids is 1. The Balaban J connectivity index is 2.80. The van der Waals surface area contributed by atoms with Crippen molar-refractivity contribution in [2.75, 3.05) is 0 Å². The van der Waals surface area contributed by atoms with Crippen molar-refractivity contribution in [3.05, 3.63) is 35.9 Å². The first-order chi connectivity index (χ1) is 7.49. The molecule has 5 heteroatoms. The summed E-state index contributed by atoms with van der Waals surface area (Å²) in [6.45, 7) is 5.41. The summed E-state index contributed by atoms with van der Waals surface area (Å²) in [6.07, 6.45) is 0. The predicted molar refractivity (Wildman–Crippen MR) is 57.7 cm³/mol. The van der Waals surface area contributed by atoms with Crippen LogP contribution in [0.2, 0.25) is 0 Å². The van der Waals surface area contributed by atoms with Gasteiger partial charge in [0, 0.05) is 0 Å². The molecule has 0 aliphatic carbocycles. The van der Waals surface area contributed by atoms with E-state index in [1.165, 1.54) is 6.07 Å². The molecular formula is C11H9FN2O2. The molecule has 4 nitrogen and oxygen atoms in total. The highest BCUT2D eigenvalue weighted by molar-refractivity contribution is 6.01. The van der Waals surface area contributed by atoms with Crippen LogP contribution in [0.15, 0.2) is 18.7 Å². The van der Waals surface area contributed by atoms with Gasteiger partial charge in [0.2, 0.25) is 0 Å². The molecule has 1 aromatic heterocycles. The SMILES string of the molecule is C=C(C)c1nc2c(C(=O)O)cc(F)cc2[nH]1. The molecule has 0 amide bonds. The van der Waals surface area contributed by atoms with E-state index in [9.17, 15) is 9.18 Å². The van der Waals surface area contributed by atoms with E-state index in [0.29, 0.717) is 16.9 Å². The van der Waals surface area contributed by atoms with Crippen molar-refractivity contribution in [1.29, 1.82) is 0 Å². The number of carboxylic acid groups (broad SMARTS) is 1. The van der Waals surface area contributed by atoms with Crippen LogP contribution >= 0.6 is 0 Å². The van der Waals surface area contributed by atoms with Gasteiger partial charge in [-0.15, -0.1) is 0 Å². The molecule has 0 atom stereocenters. The first-order valence-electron chi connectivity index (χ1n) is 4.57. The van der Waals surface area contributed by atoms with Crippen molar-refractivity contribution in [3.8, 4) is 0 Å². The zero-order valence-electron chi connectivity index (χ0n) is 8.54. The second-order valence-electron chi connectivity index (χ2n) is 3.52. The van der Waals surface area contributed by atoms with Gasteiger partial charge in [-0.3, -0.25) is 0 Å². The summed E-state index contributed by atoms with van der Waals surface area (Å²) in [5.41, 5.74) is 1.11. The lowest BCUT2D eigenvalue weighted by atomic mass is 10.2. The topological polar surface area (TPSA) is 66.0 Å². The highest BCUT2D eigenvalue weighted by Crippen LogP contribution is 2.21. The van der Waals surface area contributed by atoms with Gasteiger partial charge in [0.25, 0.3) is 0 Å². The van der Waals surface area contributed by atoms with Crippen molar-refractivity contribution in [3.63, 3.8) is 0 Å². The van der Waals surface area contributed by atoms with Gasteiger partial charge >= 0.3 is 5.97 Å². The molecule has 0 aliphatic rings. The van der Waals surface area contributed by atoms with E-state index in [4.69, 9.17) is 5.11 Å². The summed E-state index contributed by atoms with van der Waals surface area (Å²) >= 11 is 0. The van der Waals surface area contributed by atoms with E-state index in [2.05, 4.69) is 16.5 Å². The molecule has 0 bridgehead atoms. The Kier molecular flexibility index (Phi) is 2.23. The maximum absolute atomic E-state index is 13.1. The number of halogens is 1. The molecule has 0 spiro atoms. The van der Waals surface area contributed by atoms with Crippen molar-refractivity contribution in [2.45, 2.75) is 6.92 Å². The number of hydrogen-bond acceptors (Lipinski definition) is 2. The number of aromatic amines is 1. The van der Waals surface area contributed by atoms with Crippen LogP contribution in [0, 0.1) is 5.82 Å².